The Hall–Kier alpha value is 0.660. The van der Waals surface area contributed by atoms with E-state index in [0.29, 0.717) is 0 Å². The van der Waals surface area contributed by atoms with Crippen LogP contribution in [0.3, 0.4) is 0 Å². The molecule has 0 bridgehead atoms. The Bertz CT molecular complexity index is 355. The van der Waals surface area contributed by atoms with Crippen LogP contribution in [-0.4, -0.2) is 10.7 Å². The van der Waals surface area contributed by atoms with E-state index in [9.17, 15) is 0 Å². The van der Waals surface area contributed by atoms with Crippen molar-refractivity contribution in [1.29, 1.82) is 0 Å². The van der Waals surface area contributed by atoms with Crippen LogP contribution in [0.15, 0.2) is 28.7 Å². The zero-order chi connectivity index (χ0) is 13.6. The van der Waals surface area contributed by atoms with E-state index in [4.69, 9.17) is 0 Å². The molecule has 0 atom stereocenters. The van der Waals surface area contributed by atoms with Gasteiger partial charge in [-0.2, -0.15) is 0 Å². The van der Waals surface area contributed by atoms with Crippen molar-refractivity contribution in [3.8, 4) is 0 Å². The third-order valence-corrected chi connectivity index (χ3v) is 6.42. The molecule has 0 saturated carbocycles. The summed E-state index contributed by atoms with van der Waals surface area (Å²) in [7, 11) is 0. The predicted molar refractivity (Wildman–Crippen MR) is 92.1 cm³/mol. The van der Waals surface area contributed by atoms with Gasteiger partial charge in [-0.3, -0.25) is 0 Å². The molecular formula is C15H21Br3. The van der Waals surface area contributed by atoms with Crippen LogP contribution in [-0.2, 0) is 5.41 Å². The molecule has 3 heteroatoms. The van der Waals surface area contributed by atoms with Crippen LogP contribution >= 0.6 is 47.8 Å². The van der Waals surface area contributed by atoms with Gasteiger partial charge in [0.1, 0.15) is 0 Å². The lowest BCUT2D eigenvalue weighted by Gasteiger charge is -2.34. The summed E-state index contributed by atoms with van der Waals surface area (Å²) in [4.78, 5) is 0. The smallest absolute Gasteiger partial charge is 0.0178 e. The number of hydrogen-bond donors (Lipinski definition) is 0. The van der Waals surface area contributed by atoms with Gasteiger partial charge in [-0.25, -0.2) is 0 Å². The highest BCUT2D eigenvalue weighted by Gasteiger charge is 2.32. The van der Waals surface area contributed by atoms with Crippen molar-refractivity contribution in [1.82, 2.24) is 0 Å². The van der Waals surface area contributed by atoms with E-state index in [1.807, 2.05) is 0 Å². The number of benzene rings is 1. The van der Waals surface area contributed by atoms with E-state index in [-0.39, 0.29) is 5.41 Å². The predicted octanol–water partition coefficient (Wildman–Crippen LogP) is 6.30. The fraction of sp³-hybridized carbons (Fsp3) is 0.600. The minimum Gasteiger partial charge on any atom is -0.0918 e. The molecule has 0 nitrogen and oxygen atoms in total. The van der Waals surface area contributed by atoms with Gasteiger partial charge >= 0.3 is 0 Å². The van der Waals surface area contributed by atoms with Crippen molar-refractivity contribution in [2.45, 2.75) is 38.5 Å². The number of alkyl halides is 2. The van der Waals surface area contributed by atoms with Gasteiger partial charge in [0.2, 0.25) is 0 Å². The number of halogens is 3. The molecule has 0 aliphatic heterocycles. The maximum atomic E-state index is 3.74. The highest BCUT2D eigenvalue weighted by molar-refractivity contribution is 9.10. The van der Waals surface area contributed by atoms with Gasteiger partial charge in [0.25, 0.3) is 0 Å². The molecule has 0 spiro atoms. The van der Waals surface area contributed by atoms with E-state index in [1.165, 1.54) is 24.8 Å². The summed E-state index contributed by atoms with van der Waals surface area (Å²) < 4.78 is 1.16. The fourth-order valence-electron chi connectivity index (χ4n) is 2.37. The van der Waals surface area contributed by atoms with E-state index in [1.54, 1.807) is 0 Å². The van der Waals surface area contributed by atoms with E-state index in [2.05, 4.69) is 85.9 Å². The molecule has 18 heavy (non-hydrogen) atoms. The monoisotopic (exact) mass is 438 g/mol. The number of rotatable bonds is 7. The summed E-state index contributed by atoms with van der Waals surface area (Å²) in [6.07, 6.45) is 3.74. The average Bonchev–Trinajstić information content (AvgIpc) is 2.41. The van der Waals surface area contributed by atoms with Crippen LogP contribution in [0.1, 0.15) is 38.7 Å². The fourth-order valence-corrected chi connectivity index (χ4v) is 4.80. The molecule has 1 aromatic rings. The lowest BCUT2D eigenvalue weighted by molar-refractivity contribution is 0.355. The van der Waals surface area contributed by atoms with Gasteiger partial charge in [-0.1, -0.05) is 86.6 Å². The van der Waals surface area contributed by atoms with Crippen LogP contribution in [0.2, 0.25) is 0 Å². The third-order valence-electron chi connectivity index (χ3n) is 3.78. The van der Waals surface area contributed by atoms with Crippen molar-refractivity contribution >= 4 is 47.8 Å². The molecule has 0 N–H and O–H groups in total. The van der Waals surface area contributed by atoms with Gasteiger partial charge in [0, 0.05) is 20.5 Å². The first-order valence-electron chi connectivity index (χ1n) is 6.49. The first kappa shape index (κ1) is 16.7. The average molecular weight is 441 g/mol. The molecule has 1 aromatic carbocycles. The summed E-state index contributed by atoms with van der Waals surface area (Å²) >= 11 is 11.1. The standard InChI is InChI=1S/C15H21Br3/c1-3-12(4-2)9-15(10-16,11-17)13-6-5-7-14(18)8-13/h5-8,12H,3-4,9-11H2,1-2H3. The van der Waals surface area contributed by atoms with Crippen LogP contribution in [0, 0.1) is 5.92 Å². The molecule has 0 aliphatic carbocycles. The summed E-state index contributed by atoms with van der Waals surface area (Å²) in [5.74, 6) is 0.791. The molecule has 0 saturated heterocycles. The Morgan fingerprint density at radius 1 is 1.11 bits per heavy atom. The van der Waals surface area contributed by atoms with Gasteiger partial charge in [-0.15, -0.1) is 0 Å². The second-order valence-electron chi connectivity index (χ2n) is 4.94. The first-order valence-corrected chi connectivity index (χ1v) is 9.53. The molecule has 0 aliphatic rings. The topological polar surface area (TPSA) is 0 Å². The molecule has 0 unspecified atom stereocenters. The van der Waals surface area contributed by atoms with Crippen molar-refractivity contribution in [2.24, 2.45) is 5.92 Å². The largest absolute Gasteiger partial charge is 0.0918 e. The minimum atomic E-state index is 0.195. The quantitative estimate of drug-likeness (QED) is 0.436. The Kier molecular flexibility index (Phi) is 7.48. The number of hydrogen-bond acceptors (Lipinski definition) is 0. The summed E-state index contributed by atoms with van der Waals surface area (Å²) in [5.41, 5.74) is 1.61. The first-order chi connectivity index (χ1) is 8.61. The second kappa shape index (κ2) is 8.06. The molecule has 0 amide bonds. The summed E-state index contributed by atoms with van der Waals surface area (Å²) in [6, 6.07) is 8.72. The Balaban J connectivity index is 3.06. The van der Waals surface area contributed by atoms with Crippen molar-refractivity contribution in [3.05, 3.63) is 34.3 Å². The third kappa shape index (κ3) is 4.08. The Morgan fingerprint density at radius 2 is 1.72 bits per heavy atom. The molecule has 102 valence electrons. The molecule has 1 rings (SSSR count). The molecule has 0 radical (unpaired) electrons. The molecule has 0 aromatic heterocycles. The van der Waals surface area contributed by atoms with Gasteiger partial charge < -0.3 is 0 Å². The SMILES string of the molecule is CCC(CC)CC(CBr)(CBr)c1cccc(Br)c1. The van der Waals surface area contributed by atoms with Crippen LogP contribution in [0.4, 0.5) is 0 Å². The van der Waals surface area contributed by atoms with Crippen LogP contribution in [0.25, 0.3) is 0 Å². The normalized spacial score (nSPS) is 12.1. The van der Waals surface area contributed by atoms with E-state index < -0.39 is 0 Å². The minimum absolute atomic E-state index is 0.195. The summed E-state index contributed by atoms with van der Waals surface area (Å²) in [5, 5.41) is 2.00. The highest BCUT2D eigenvalue weighted by Crippen LogP contribution is 2.38. The Labute approximate surface area is 136 Å². The van der Waals surface area contributed by atoms with Crippen molar-refractivity contribution < 1.29 is 0 Å². The van der Waals surface area contributed by atoms with Crippen molar-refractivity contribution in [2.75, 3.05) is 10.7 Å². The molecular weight excluding hydrogens is 420 g/mol. The van der Waals surface area contributed by atoms with Crippen LogP contribution < -0.4 is 0 Å². The van der Waals surface area contributed by atoms with E-state index in [0.717, 1.165) is 21.1 Å². The van der Waals surface area contributed by atoms with Crippen molar-refractivity contribution in [3.63, 3.8) is 0 Å². The maximum Gasteiger partial charge on any atom is 0.0178 e. The zero-order valence-electron chi connectivity index (χ0n) is 11.1. The zero-order valence-corrected chi connectivity index (χ0v) is 15.8. The van der Waals surface area contributed by atoms with Crippen LogP contribution in [0.5, 0.6) is 0 Å². The van der Waals surface area contributed by atoms with Gasteiger partial charge in [0.05, 0.1) is 0 Å². The van der Waals surface area contributed by atoms with E-state index >= 15 is 0 Å². The second-order valence-corrected chi connectivity index (χ2v) is 6.98. The lowest BCUT2D eigenvalue weighted by atomic mass is 9.75. The summed E-state index contributed by atoms with van der Waals surface area (Å²) in [6.45, 7) is 4.59. The highest BCUT2D eigenvalue weighted by atomic mass is 79.9. The Morgan fingerprint density at radius 3 is 2.17 bits per heavy atom. The van der Waals surface area contributed by atoms with Gasteiger partial charge in [0.15, 0.2) is 0 Å². The molecule has 0 heterocycles. The molecule has 0 fully saturated rings. The van der Waals surface area contributed by atoms with Gasteiger partial charge in [-0.05, 0) is 30.0 Å². The maximum absolute atomic E-state index is 3.74. The lowest BCUT2D eigenvalue weighted by Crippen LogP contribution is -2.32.